The van der Waals surface area contributed by atoms with Crippen molar-refractivity contribution in [2.45, 2.75) is 6.92 Å². The highest BCUT2D eigenvalue weighted by Crippen LogP contribution is 2.29. The lowest BCUT2D eigenvalue weighted by molar-refractivity contribution is 0.102. The molecule has 8 heteroatoms. The van der Waals surface area contributed by atoms with Gasteiger partial charge in [-0.2, -0.15) is 0 Å². The van der Waals surface area contributed by atoms with Crippen LogP contribution in [-0.2, 0) is 0 Å². The minimum atomic E-state index is -0.399. The zero-order valence-electron chi connectivity index (χ0n) is 14.5. The first-order chi connectivity index (χ1) is 12.5. The average molecular weight is 373 g/mol. The number of nitrogens with one attached hydrogen (secondary N) is 1. The van der Waals surface area contributed by atoms with Gasteiger partial charge in [-0.25, -0.2) is 4.68 Å². The summed E-state index contributed by atoms with van der Waals surface area (Å²) in [6, 6.07) is 12.3. The molecule has 0 spiro atoms. The topological polar surface area (TPSA) is 78.3 Å². The van der Waals surface area contributed by atoms with E-state index in [0.717, 1.165) is 0 Å². The summed E-state index contributed by atoms with van der Waals surface area (Å²) in [7, 11) is 3.08. The lowest BCUT2D eigenvalue weighted by atomic mass is 10.2. The van der Waals surface area contributed by atoms with E-state index in [2.05, 4.69) is 15.6 Å². The predicted octanol–water partition coefficient (Wildman–Crippen LogP) is 3.50. The molecule has 1 heterocycles. The molecule has 1 amide bonds. The van der Waals surface area contributed by atoms with E-state index in [0.29, 0.717) is 33.6 Å². The van der Waals surface area contributed by atoms with Crippen molar-refractivity contribution in [2.75, 3.05) is 19.5 Å². The predicted molar refractivity (Wildman–Crippen MR) is 98.6 cm³/mol. The van der Waals surface area contributed by atoms with Gasteiger partial charge in [-0.1, -0.05) is 28.9 Å². The van der Waals surface area contributed by atoms with Gasteiger partial charge >= 0.3 is 0 Å². The maximum atomic E-state index is 12.6. The van der Waals surface area contributed by atoms with E-state index >= 15 is 0 Å². The lowest BCUT2D eigenvalue weighted by Crippen LogP contribution is -2.15. The van der Waals surface area contributed by atoms with Crippen molar-refractivity contribution in [3.8, 4) is 17.2 Å². The summed E-state index contributed by atoms with van der Waals surface area (Å²) in [5.74, 6) is 0.707. The summed E-state index contributed by atoms with van der Waals surface area (Å²) in [5, 5.41) is 11.3. The second kappa shape index (κ2) is 7.45. The summed E-state index contributed by atoms with van der Waals surface area (Å²) in [6.45, 7) is 1.75. The van der Waals surface area contributed by atoms with Crippen LogP contribution in [0.4, 0.5) is 5.69 Å². The molecule has 3 aromatic rings. The third-order valence-corrected chi connectivity index (χ3v) is 4.17. The SMILES string of the molecule is COc1ccc(NC(=O)c2nnn(-c3ccccc3Cl)c2C)c(OC)c1. The second-order valence-electron chi connectivity index (χ2n) is 5.41. The third kappa shape index (κ3) is 3.34. The van der Waals surface area contributed by atoms with E-state index in [4.69, 9.17) is 21.1 Å². The summed E-state index contributed by atoms with van der Waals surface area (Å²) >= 11 is 6.20. The molecule has 0 bridgehead atoms. The number of ether oxygens (including phenoxy) is 2. The van der Waals surface area contributed by atoms with Gasteiger partial charge in [-0.05, 0) is 31.2 Å². The molecule has 0 unspecified atom stereocenters. The van der Waals surface area contributed by atoms with Crippen LogP contribution >= 0.6 is 11.6 Å². The molecular weight excluding hydrogens is 356 g/mol. The Morgan fingerprint density at radius 3 is 2.62 bits per heavy atom. The molecule has 1 aromatic heterocycles. The molecule has 1 N–H and O–H groups in total. The Morgan fingerprint density at radius 1 is 1.15 bits per heavy atom. The van der Waals surface area contributed by atoms with E-state index in [1.165, 1.54) is 11.8 Å². The van der Waals surface area contributed by atoms with Gasteiger partial charge < -0.3 is 14.8 Å². The number of carbonyl (C=O) groups excluding carboxylic acids is 1. The Hall–Kier alpha value is -3.06. The molecule has 26 heavy (non-hydrogen) atoms. The molecule has 7 nitrogen and oxygen atoms in total. The average Bonchev–Trinajstić information content (AvgIpc) is 3.03. The number of hydrogen-bond donors (Lipinski definition) is 1. The fourth-order valence-electron chi connectivity index (χ4n) is 2.47. The van der Waals surface area contributed by atoms with Crippen molar-refractivity contribution in [3.63, 3.8) is 0 Å². The van der Waals surface area contributed by atoms with Gasteiger partial charge in [0.15, 0.2) is 5.69 Å². The molecule has 0 aliphatic heterocycles. The number of hydrogen-bond acceptors (Lipinski definition) is 5. The first-order valence-corrected chi connectivity index (χ1v) is 8.13. The highest BCUT2D eigenvalue weighted by atomic mass is 35.5. The second-order valence-corrected chi connectivity index (χ2v) is 5.81. The van der Waals surface area contributed by atoms with Crippen molar-refractivity contribution in [2.24, 2.45) is 0 Å². The molecule has 0 saturated heterocycles. The van der Waals surface area contributed by atoms with E-state index in [1.54, 1.807) is 44.4 Å². The van der Waals surface area contributed by atoms with Gasteiger partial charge in [0.1, 0.15) is 11.5 Å². The number of aromatic nitrogens is 3. The number of benzene rings is 2. The van der Waals surface area contributed by atoms with Crippen LogP contribution in [-0.4, -0.2) is 35.1 Å². The highest BCUT2D eigenvalue weighted by molar-refractivity contribution is 6.32. The van der Waals surface area contributed by atoms with Crippen LogP contribution in [0.1, 0.15) is 16.2 Å². The Bertz CT molecular complexity index is 955. The number of carbonyl (C=O) groups is 1. The molecule has 0 saturated carbocycles. The van der Waals surface area contributed by atoms with Crippen LogP contribution in [0.5, 0.6) is 11.5 Å². The van der Waals surface area contributed by atoms with Crippen molar-refractivity contribution in [1.82, 2.24) is 15.0 Å². The monoisotopic (exact) mass is 372 g/mol. The minimum Gasteiger partial charge on any atom is -0.497 e. The lowest BCUT2D eigenvalue weighted by Gasteiger charge is -2.11. The molecule has 134 valence electrons. The molecule has 0 aliphatic rings. The number of anilines is 1. The number of halogens is 1. The highest BCUT2D eigenvalue weighted by Gasteiger charge is 2.19. The Morgan fingerprint density at radius 2 is 1.92 bits per heavy atom. The van der Waals surface area contributed by atoms with E-state index in [9.17, 15) is 4.79 Å². The minimum absolute atomic E-state index is 0.197. The van der Waals surface area contributed by atoms with E-state index in [-0.39, 0.29) is 5.69 Å². The number of amides is 1. The number of nitrogens with zero attached hydrogens (tertiary/aromatic N) is 3. The quantitative estimate of drug-likeness (QED) is 0.741. The molecule has 0 radical (unpaired) electrons. The maximum Gasteiger partial charge on any atom is 0.278 e. The molecule has 0 atom stereocenters. The van der Waals surface area contributed by atoms with Crippen LogP contribution in [0.3, 0.4) is 0 Å². The molecule has 3 rings (SSSR count). The van der Waals surface area contributed by atoms with E-state index < -0.39 is 5.91 Å². The Balaban J connectivity index is 1.89. The summed E-state index contributed by atoms with van der Waals surface area (Å²) in [4.78, 5) is 12.6. The number of methoxy groups -OCH3 is 2. The number of rotatable bonds is 5. The fraction of sp³-hybridized carbons (Fsp3) is 0.167. The van der Waals surface area contributed by atoms with Crippen molar-refractivity contribution in [1.29, 1.82) is 0 Å². The zero-order valence-corrected chi connectivity index (χ0v) is 15.2. The Kier molecular flexibility index (Phi) is 5.09. The third-order valence-electron chi connectivity index (χ3n) is 3.85. The molecule has 2 aromatic carbocycles. The van der Waals surface area contributed by atoms with Crippen LogP contribution in [0.15, 0.2) is 42.5 Å². The summed E-state index contributed by atoms with van der Waals surface area (Å²) < 4.78 is 12.0. The maximum absolute atomic E-state index is 12.6. The van der Waals surface area contributed by atoms with Crippen LogP contribution < -0.4 is 14.8 Å². The van der Waals surface area contributed by atoms with Gasteiger partial charge in [0.25, 0.3) is 5.91 Å². The van der Waals surface area contributed by atoms with Gasteiger partial charge in [0, 0.05) is 6.07 Å². The summed E-state index contributed by atoms with van der Waals surface area (Å²) in [5.41, 5.74) is 1.93. The standard InChI is InChI=1S/C18H17ClN4O3/c1-11-17(21-22-23(11)15-7-5-4-6-13(15)19)18(24)20-14-9-8-12(25-2)10-16(14)26-3/h4-10H,1-3H3,(H,20,24). The Labute approximate surface area is 155 Å². The molecule has 0 aliphatic carbocycles. The van der Waals surface area contributed by atoms with Crippen molar-refractivity contribution >= 4 is 23.2 Å². The largest absolute Gasteiger partial charge is 0.497 e. The van der Waals surface area contributed by atoms with Gasteiger partial charge in [-0.15, -0.1) is 5.10 Å². The van der Waals surface area contributed by atoms with E-state index in [1.807, 2.05) is 12.1 Å². The van der Waals surface area contributed by atoms with Crippen LogP contribution in [0.2, 0.25) is 5.02 Å². The first kappa shape index (κ1) is 17.8. The smallest absolute Gasteiger partial charge is 0.278 e. The normalized spacial score (nSPS) is 10.5. The molecule has 0 fully saturated rings. The van der Waals surface area contributed by atoms with Crippen molar-refractivity contribution < 1.29 is 14.3 Å². The van der Waals surface area contributed by atoms with Gasteiger partial charge in [0.05, 0.1) is 36.3 Å². The van der Waals surface area contributed by atoms with Crippen molar-refractivity contribution in [3.05, 3.63) is 58.9 Å². The van der Waals surface area contributed by atoms with Gasteiger partial charge in [0.2, 0.25) is 0 Å². The van der Waals surface area contributed by atoms with Crippen LogP contribution in [0, 0.1) is 6.92 Å². The first-order valence-electron chi connectivity index (χ1n) is 7.75. The summed E-state index contributed by atoms with van der Waals surface area (Å²) in [6.07, 6.45) is 0. The van der Waals surface area contributed by atoms with Gasteiger partial charge in [-0.3, -0.25) is 4.79 Å². The fourth-order valence-corrected chi connectivity index (χ4v) is 2.69. The number of para-hydroxylation sites is 1. The zero-order chi connectivity index (χ0) is 18.7. The van der Waals surface area contributed by atoms with Crippen LogP contribution in [0.25, 0.3) is 5.69 Å². The molecular formula is C18H17ClN4O3.